The Kier molecular flexibility index (Phi) is 4.43. The summed E-state index contributed by atoms with van der Waals surface area (Å²) in [6.07, 6.45) is 3.59. The maximum atomic E-state index is 8.80. The third kappa shape index (κ3) is 3.64. The Morgan fingerprint density at radius 2 is 2.22 bits per heavy atom. The maximum Gasteiger partial charge on any atom is 0.162 e. The van der Waals surface area contributed by atoms with E-state index in [1.807, 2.05) is 0 Å². The Bertz CT molecular complexity index is 436. The van der Waals surface area contributed by atoms with Crippen molar-refractivity contribution in [2.45, 2.75) is 25.3 Å². The molecular weight excluding hydrogens is 228 g/mol. The van der Waals surface area contributed by atoms with E-state index in [0.717, 1.165) is 19.0 Å². The van der Waals surface area contributed by atoms with Crippen molar-refractivity contribution in [3.8, 4) is 17.6 Å². The predicted molar refractivity (Wildman–Crippen MR) is 68.8 cm³/mol. The summed E-state index contributed by atoms with van der Waals surface area (Å²) in [5, 5.41) is 12.2. The first kappa shape index (κ1) is 12.7. The minimum absolute atomic E-state index is 0.578. The fourth-order valence-electron chi connectivity index (χ4n) is 1.70. The van der Waals surface area contributed by atoms with Crippen molar-refractivity contribution < 1.29 is 9.47 Å². The number of ether oxygens (including phenoxy) is 2. The van der Waals surface area contributed by atoms with Crippen LogP contribution in [0.5, 0.6) is 11.5 Å². The second-order valence-corrected chi connectivity index (χ2v) is 4.41. The van der Waals surface area contributed by atoms with E-state index in [4.69, 9.17) is 14.7 Å². The van der Waals surface area contributed by atoms with Crippen molar-refractivity contribution in [3.63, 3.8) is 0 Å². The topological polar surface area (TPSA) is 54.3 Å². The second kappa shape index (κ2) is 6.27. The van der Waals surface area contributed by atoms with Crippen LogP contribution in [0.1, 0.15) is 24.8 Å². The molecule has 1 saturated carbocycles. The third-order valence-corrected chi connectivity index (χ3v) is 2.88. The summed E-state index contributed by atoms with van der Waals surface area (Å²) in [6.45, 7) is 1.64. The third-order valence-electron chi connectivity index (χ3n) is 2.88. The zero-order chi connectivity index (χ0) is 12.8. The van der Waals surface area contributed by atoms with Crippen molar-refractivity contribution in [1.29, 1.82) is 5.26 Å². The largest absolute Gasteiger partial charge is 0.493 e. The quantitative estimate of drug-likeness (QED) is 0.748. The summed E-state index contributed by atoms with van der Waals surface area (Å²) in [5.41, 5.74) is 0.578. The lowest BCUT2D eigenvalue weighted by Crippen LogP contribution is -2.19. The van der Waals surface area contributed by atoms with Gasteiger partial charge in [-0.2, -0.15) is 5.26 Å². The highest BCUT2D eigenvalue weighted by Gasteiger charge is 2.19. The summed E-state index contributed by atoms with van der Waals surface area (Å²) >= 11 is 0. The van der Waals surface area contributed by atoms with E-state index >= 15 is 0 Å². The van der Waals surface area contributed by atoms with Gasteiger partial charge in [-0.15, -0.1) is 0 Å². The van der Waals surface area contributed by atoms with Crippen LogP contribution in [0.3, 0.4) is 0 Å². The number of rotatable bonds is 7. The smallest absolute Gasteiger partial charge is 0.162 e. The Morgan fingerprint density at radius 1 is 1.39 bits per heavy atom. The van der Waals surface area contributed by atoms with Crippen LogP contribution in [-0.2, 0) is 0 Å². The van der Waals surface area contributed by atoms with E-state index in [1.165, 1.54) is 12.8 Å². The molecule has 0 spiro atoms. The van der Waals surface area contributed by atoms with E-state index in [0.29, 0.717) is 23.7 Å². The lowest BCUT2D eigenvalue weighted by molar-refractivity contribution is 0.287. The van der Waals surface area contributed by atoms with E-state index < -0.39 is 0 Å². The fourth-order valence-corrected chi connectivity index (χ4v) is 1.70. The molecule has 96 valence electrons. The summed E-state index contributed by atoms with van der Waals surface area (Å²) in [5.74, 6) is 1.31. The van der Waals surface area contributed by atoms with Crippen LogP contribution < -0.4 is 14.8 Å². The van der Waals surface area contributed by atoms with Crippen molar-refractivity contribution in [3.05, 3.63) is 23.8 Å². The molecule has 2 rings (SSSR count). The van der Waals surface area contributed by atoms with Crippen molar-refractivity contribution in [2.24, 2.45) is 0 Å². The zero-order valence-corrected chi connectivity index (χ0v) is 10.6. The molecule has 1 aromatic carbocycles. The van der Waals surface area contributed by atoms with E-state index in [-0.39, 0.29) is 0 Å². The van der Waals surface area contributed by atoms with Crippen LogP contribution in [0.2, 0.25) is 0 Å². The van der Waals surface area contributed by atoms with Crippen molar-refractivity contribution in [2.75, 3.05) is 20.3 Å². The van der Waals surface area contributed by atoms with Crippen LogP contribution >= 0.6 is 0 Å². The minimum Gasteiger partial charge on any atom is -0.493 e. The average Bonchev–Trinajstić information content (AvgIpc) is 3.22. The summed E-state index contributed by atoms with van der Waals surface area (Å²) in [4.78, 5) is 0. The van der Waals surface area contributed by atoms with Crippen LogP contribution in [0.15, 0.2) is 18.2 Å². The number of methoxy groups -OCH3 is 1. The predicted octanol–water partition coefficient (Wildman–Crippen LogP) is 2.09. The van der Waals surface area contributed by atoms with Gasteiger partial charge in [0.15, 0.2) is 11.5 Å². The van der Waals surface area contributed by atoms with Crippen molar-refractivity contribution in [1.82, 2.24) is 5.32 Å². The van der Waals surface area contributed by atoms with Gasteiger partial charge < -0.3 is 14.8 Å². The molecule has 0 atom stereocenters. The van der Waals surface area contributed by atoms with Gasteiger partial charge in [-0.3, -0.25) is 0 Å². The molecule has 1 aliphatic rings. The molecule has 1 aliphatic carbocycles. The number of hydrogen-bond acceptors (Lipinski definition) is 4. The molecule has 0 bridgehead atoms. The van der Waals surface area contributed by atoms with Crippen LogP contribution in [0, 0.1) is 11.3 Å². The normalized spacial score (nSPS) is 14.0. The summed E-state index contributed by atoms with van der Waals surface area (Å²) in [6, 6.07) is 8.04. The highest BCUT2D eigenvalue weighted by Crippen LogP contribution is 2.27. The number of hydrogen-bond donors (Lipinski definition) is 1. The summed E-state index contributed by atoms with van der Waals surface area (Å²) in [7, 11) is 1.58. The number of benzene rings is 1. The molecule has 1 fully saturated rings. The number of nitriles is 1. The van der Waals surface area contributed by atoms with E-state index in [9.17, 15) is 0 Å². The molecule has 1 aromatic rings. The van der Waals surface area contributed by atoms with Gasteiger partial charge in [0.25, 0.3) is 0 Å². The zero-order valence-electron chi connectivity index (χ0n) is 10.6. The van der Waals surface area contributed by atoms with Gasteiger partial charge in [-0.25, -0.2) is 0 Å². The van der Waals surface area contributed by atoms with Crippen molar-refractivity contribution >= 4 is 0 Å². The minimum atomic E-state index is 0.578. The molecule has 0 aromatic heterocycles. The molecule has 18 heavy (non-hydrogen) atoms. The number of nitrogens with zero attached hydrogens (tertiary/aromatic N) is 1. The molecular formula is C14H18N2O2. The first-order chi connectivity index (χ1) is 8.83. The maximum absolute atomic E-state index is 8.80. The Balaban J connectivity index is 1.78. The van der Waals surface area contributed by atoms with Gasteiger partial charge in [0, 0.05) is 12.1 Å². The van der Waals surface area contributed by atoms with Crippen LogP contribution in [0.4, 0.5) is 0 Å². The molecule has 4 nitrogen and oxygen atoms in total. The van der Waals surface area contributed by atoms with Crippen LogP contribution in [-0.4, -0.2) is 26.3 Å². The molecule has 0 amide bonds. The highest BCUT2D eigenvalue weighted by atomic mass is 16.5. The molecule has 0 aliphatic heterocycles. The molecule has 0 radical (unpaired) electrons. The highest BCUT2D eigenvalue weighted by molar-refractivity contribution is 5.46. The lowest BCUT2D eigenvalue weighted by atomic mass is 10.2. The first-order valence-corrected chi connectivity index (χ1v) is 6.28. The SMILES string of the molecule is COc1cc(C#N)ccc1OCCCNC1CC1. The Morgan fingerprint density at radius 3 is 2.89 bits per heavy atom. The molecule has 0 heterocycles. The van der Waals surface area contributed by atoms with Gasteiger partial charge in [0.2, 0.25) is 0 Å². The van der Waals surface area contributed by atoms with E-state index in [1.54, 1.807) is 25.3 Å². The fraction of sp³-hybridized carbons (Fsp3) is 0.500. The standard InChI is InChI=1S/C14H18N2O2/c1-17-14-9-11(10-15)3-6-13(14)18-8-2-7-16-12-4-5-12/h3,6,9,12,16H,2,4-5,7-8H2,1H3. The first-order valence-electron chi connectivity index (χ1n) is 6.28. The average molecular weight is 246 g/mol. The molecule has 0 saturated heterocycles. The van der Waals surface area contributed by atoms with Gasteiger partial charge in [-0.1, -0.05) is 0 Å². The summed E-state index contributed by atoms with van der Waals surface area (Å²) < 4.78 is 10.9. The van der Waals surface area contributed by atoms with Gasteiger partial charge in [-0.05, 0) is 37.9 Å². The van der Waals surface area contributed by atoms with E-state index in [2.05, 4.69) is 11.4 Å². The van der Waals surface area contributed by atoms with Crippen LogP contribution in [0.25, 0.3) is 0 Å². The Hall–Kier alpha value is -1.73. The molecule has 0 unspecified atom stereocenters. The Labute approximate surface area is 108 Å². The van der Waals surface area contributed by atoms with Gasteiger partial charge in [0.05, 0.1) is 25.3 Å². The second-order valence-electron chi connectivity index (χ2n) is 4.41. The monoisotopic (exact) mass is 246 g/mol. The van der Waals surface area contributed by atoms with Gasteiger partial charge in [0.1, 0.15) is 0 Å². The molecule has 1 N–H and O–H groups in total. The lowest BCUT2D eigenvalue weighted by Gasteiger charge is -2.10. The number of nitrogens with one attached hydrogen (secondary N) is 1. The molecule has 4 heteroatoms. The van der Waals surface area contributed by atoms with Gasteiger partial charge >= 0.3 is 0 Å².